The van der Waals surface area contributed by atoms with Crippen molar-refractivity contribution in [1.29, 1.82) is 0 Å². The average molecular weight is 494 g/mol. The van der Waals surface area contributed by atoms with Crippen LogP contribution in [0.2, 0.25) is 0 Å². The van der Waals surface area contributed by atoms with Crippen LogP contribution in [0.4, 0.5) is 0 Å². The van der Waals surface area contributed by atoms with E-state index < -0.39 is 5.97 Å². The molecule has 7 heteroatoms. The summed E-state index contributed by atoms with van der Waals surface area (Å²) in [5.41, 5.74) is 2.77. The summed E-state index contributed by atoms with van der Waals surface area (Å²) in [5, 5.41) is 14.2. The molecule has 0 radical (unpaired) electrons. The van der Waals surface area contributed by atoms with Gasteiger partial charge in [0, 0.05) is 36.4 Å². The lowest BCUT2D eigenvalue weighted by Gasteiger charge is -2.07. The highest BCUT2D eigenvalue weighted by molar-refractivity contribution is 5.80. The maximum Gasteiger partial charge on any atom is 0.303 e. The molecular weight excluding hydrogens is 454 g/mol. The van der Waals surface area contributed by atoms with Crippen molar-refractivity contribution in [2.24, 2.45) is 0 Å². The molecule has 0 saturated heterocycles. The van der Waals surface area contributed by atoms with Gasteiger partial charge in [0.2, 0.25) is 5.89 Å². The van der Waals surface area contributed by atoms with Crippen LogP contribution < -0.4 is 4.74 Å². The zero-order chi connectivity index (χ0) is 26.3. The molecule has 0 saturated carbocycles. The van der Waals surface area contributed by atoms with E-state index in [1.165, 1.54) is 12.8 Å². The number of hydrogen-bond donors (Lipinski definition) is 1. The van der Waals surface area contributed by atoms with E-state index in [2.05, 4.69) is 37.8 Å². The number of aliphatic carboxylic acids is 1. The highest BCUT2D eigenvalue weighted by atomic mass is 16.5. The van der Waals surface area contributed by atoms with E-state index >= 15 is 0 Å². The van der Waals surface area contributed by atoms with Crippen molar-refractivity contribution >= 4 is 16.9 Å². The number of carboxylic acid groups (broad SMARTS) is 1. The largest absolute Gasteiger partial charge is 0.493 e. The third-order valence-electron chi connectivity index (χ3n) is 4.90. The van der Waals surface area contributed by atoms with Crippen LogP contribution in [0, 0.1) is 6.92 Å². The molecule has 36 heavy (non-hydrogen) atoms. The number of carbonyl (C=O) groups is 1. The van der Waals surface area contributed by atoms with Crippen LogP contribution in [0.25, 0.3) is 22.4 Å². The van der Waals surface area contributed by atoms with Gasteiger partial charge in [0.15, 0.2) is 0 Å². The second kappa shape index (κ2) is 15.4. The van der Waals surface area contributed by atoms with E-state index in [9.17, 15) is 4.79 Å². The molecule has 0 bridgehead atoms. The fourth-order valence-electron chi connectivity index (χ4n) is 3.33. The van der Waals surface area contributed by atoms with Crippen molar-refractivity contribution in [3.8, 4) is 17.2 Å². The van der Waals surface area contributed by atoms with Crippen LogP contribution in [0.5, 0.6) is 5.75 Å². The van der Waals surface area contributed by atoms with E-state index in [4.69, 9.17) is 14.3 Å². The molecule has 0 fully saturated rings. The van der Waals surface area contributed by atoms with Crippen molar-refractivity contribution in [3.05, 3.63) is 66.2 Å². The summed E-state index contributed by atoms with van der Waals surface area (Å²) in [5.74, 6) is 1.36. The summed E-state index contributed by atoms with van der Waals surface area (Å²) in [7, 11) is 0. The first-order valence-corrected chi connectivity index (χ1v) is 12.7. The highest BCUT2D eigenvalue weighted by Crippen LogP contribution is 2.23. The molecular formula is C29H39N3O4. The zero-order valence-electron chi connectivity index (χ0n) is 22.2. The van der Waals surface area contributed by atoms with Crippen LogP contribution >= 0.6 is 0 Å². The molecule has 7 nitrogen and oxygen atoms in total. The lowest BCUT2D eigenvalue weighted by molar-refractivity contribution is -0.137. The third-order valence-corrected chi connectivity index (χ3v) is 4.90. The summed E-state index contributed by atoms with van der Waals surface area (Å²) < 4.78 is 13.6. The van der Waals surface area contributed by atoms with Gasteiger partial charge in [-0.05, 0) is 37.6 Å². The number of aryl methyl sites for hydroxylation is 2. The number of ether oxygens (including phenoxy) is 1. The van der Waals surface area contributed by atoms with Gasteiger partial charge in [0.25, 0.3) is 0 Å². The van der Waals surface area contributed by atoms with Crippen LogP contribution in [0.15, 0.2) is 59.1 Å². The number of hydrogen-bond acceptors (Lipinski definition) is 5. The van der Waals surface area contributed by atoms with E-state index in [0.29, 0.717) is 31.9 Å². The quantitative estimate of drug-likeness (QED) is 0.263. The molecule has 4 rings (SSSR count). The number of rotatable bonds is 9. The Kier molecular flexibility index (Phi) is 12.2. The molecule has 0 atom stereocenters. The van der Waals surface area contributed by atoms with Crippen molar-refractivity contribution in [2.75, 3.05) is 6.61 Å². The molecule has 4 aromatic rings. The SMILES string of the molecule is CCC.CCC.Cc1oc(-c2ccccc2)nc1CCOc1ccc2cnn(CCCC(=O)O)c2c1. The van der Waals surface area contributed by atoms with Crippen LogP contribution in [0.3, 0.4) is 0 Å². The second-order valence-corrected chi connectivity index (χ2v) is 8.49. The Hall–Kier alpha value is -3.61. The van der Waals surface area contributed by atoms with Gasteiger partial charge in [-0.25, -0.2) is 4.98 Å². The first kappa shape index (κ1) is 28.6. The summed E-state index contributed by atoms with van der Waals surface area (Å²) in [6, 6.07) is 15.6. The van der Waals surface area contributed by atoms with Gasteiger partial charge in [0.05, 0.1) is 24.0 Å². The average Bonchev–Trinajstić information content (AvgIpc) is 3.43. The van der Waals surface area contributed by atoms with Crippen molar-refractivity contribution < 1.29 is 19.1 Å². The van der Waals surface area contributed by atoms with Gasteiger partial charge in [-0.3, -0.25) is 9.48 Å². The predicted octanol–water partition coefficient (Wildman–Crippen LogP) is 7.32. The minimum absolute atomic E-state index is 0.125. The second-order valence-electron chi connectivity index (χ2n) is 8.49. The highest BCUT2D eigenvalue weighted by Gasteiger charge is 2.12. The predicted molar refractivity (Wildman–Crippen MR) is 144 cm³/mol. The summed E-state index contributed by atoms with van der Waals surface area (Å²) in [6.07, 6.45) is 5.58. The molecule has 2 aromatic heterocycles. The van der Waals surface area contributed by atoms with Crippen molar-refractivity contribution in [2.45, 2.75) is 73.3 Å². The standard InChI is InChI=1S/C23H23N3O4.2C3H8/c1-16-20(25-23(30-16)17-6-3-2-4-7-17)11-13-29-19-10-9-18-15-24-26(21(18)14-19)12-5-8-22(27)28;2*1-3-2/h2-4,6-7,9-10,14-15H,5,8,11-13H2,1H3,(H,27,28);2*3H2,1-2H3. The van der Waals surface area contributed by atoms with Gasteiger partial charge >= 0.3 is 5.97 Å². The Labute approximate surface area is 214 Å². The summed E-state index contributed by atoms with van der Waals surface area (Å²) in [4.78, 5) is 15.3. The molecule has 0 aliphatic heterocycles. The minimum Gasteiger partial charge on any atom is -0.493 e. The monoisotopic (exact) mass is 493 g/mol. The zero-order valence-corrected chi connectivity index (χ0v) is 22.2. The molecule has 2 aromatic carbocycles. The molecule has 0 amide bonds. The normalized spacial score (nSPS) is 10.2. The molecule has 194 valence electrons. The van der Waals surface area contributed by atoms with Gasteiger partial charge in [-0.1, -0.05) is 58.7 Å². The van der Waals surface area contributed by atoms with Gasteiger partial charge in [0.1, 0.15) is 11.5 Å². The Morgan fingerprint density at radius 3 is 2.42 bits per heavy atom. The number of carboxylic acids is 1. The van der Waals surface area contributed by atoms with Gasteiger partial charge in [-0.2, -0.15) is 5.10 Å². The molecule has 1 N–H and O–H groups in total. The number of nitrogens with zero attached hydrogens (tertiary/aromatic N) is 3. The van der Waals surface area contributed by atoms with Crippen molar-refractivity contribution in [3.63, 3.8) is 0 Å². The Balaban J connectivity index is 0.000000693. The number of aromatic nitrogens is 3. The number of fused-ring (bicyclic) bond motifs is 1. The Morgan fingerprint density at radius 1 is 1.06 bits per heavy atom. The lowest BCUT2D eigenvalue weighted by Crippen LogP contribution is -2.04. The lowest BCUT2D eigenvalue weighted by atomic mass is 10.2. The first-order valence-electron chi connectivity index (χ1n) is 12.7. The number of oxazole rings is 1. The smallest absolute Gasteiger partial charge is 0.303 e. The van der Waals surface area contributed by atoms with Crippen molar-refractivity contribution in [1.82, 2.24) is 14.8 Å². The van der Waals surface area contributed by atoms with E-state index in [-0.39, 0.29) is 6.42 Å². The van der Waals surface area contributed by atoms with Crippen LogP contribution in [-0.2, 0) is 17.8 Å². The minimum atomic E-state index is -0.797. The molecule has 0 aliphatic carbocycles. The first-order chi connectivity index (χ1) is 17.4. The number of benzene rings is 2. The third kappa shape index (κ3) is 8.87. The Morgan fingerprint density at radius 2 is 1.75 bits per heavy atom. The van der Waals surface area contributed by atoms with E-state index in [0.717, 1.165) is 33.7 Å². The van der Waals surface area contributed by atoms with Gasteiger partial charge < -0.3 is 14.3 Å². The fourth-order valence-corrected chi connectivity index (χ4v) is 3.33. The molecule has 0 spiro atoms. The molecule has 2 heterocycles. The summed E-state index contributed by atoms with van der Waals surface area (Å²) in [6.45, 7) is 11.4. The topological polar surface area (TPSA) is 90.4 Å². The van der Waals surface area contributed by atoms with Crippen LogP contribution in [0.1, 0.15) is 64.8 Å². The maximum absolute atomic E-state index is 10.7. The van der Waals surface area contributed by atoms with Gasteiger partial charge in [-0.15, -0.1) is 0 Å². The van der Waals surface area contributed by atoms with Crippen LogP contribution in [-0.4, -0.2) is 32.4 Å². The fraction of sp³-hybridized carbons (Fsp3) is 0.414. The molecule has 0 unspecified atom stereocenters. The summed E-state index contributed by atoms with van der Waals surface area (Å²) >= 11 is 0. The maximum atomic E-state index is 10.7. The van der Waals surface area contributed by atoms with E-state index in [1.54, 1.807) is 6.20 Å². The van der Waals surface area contributed by atoms with E-state index in [1.807, 2.05) is 60.1 Å². The Bertz CT molecular complexity index is 1180. The molecule has 0 aliphatic rings.